The van der Waals surface area contributed by atoms with E-state index < -0.39 is 0 Å². The van der Waals surface area contributed by atoms with Crippen molar-refractivity contribution in [1.29, 1.82) is 0 Å². The molecule has 1 heterocycles. The summed E-state index contributed by atoms with van der Waals surface area (Å²) < 4.78 is 10.9. The van der Waals surface area contributed by atoms with Gasteiger partial charge in [0.1, 0.15) is 0 Å². The van der Waals surface area contributed by atoms with Crippen LogP contribution in [-0.2, 0) is 14.3 Å². The lowest BCUT2D eigenvalue weighted by atomic mass is 9.96. The average molecular weight is 292 g/mol. The van der Waals surface area contributed by atoms with Crippen LogP contribution in [-0.4, -0.2) is 25.7 Å². The van der Waals surface area contributed by atoms with E-state index in [2.05, 4.69) is 19.2 Å². The molecule has 0 radical (unpaired) electrons. The molecule has 1 amide bonds. The first-order valence-electron chi connectivity index (χ1n) is 7.44. The first-order chi connectivity index (χ1) is 10.1. The second kappa shape index (κ2) is 7.54. The van der Waals surface area contributed by atoms with E-state index in [1.807, 2.05) is 24.3 Å². The van der Waals surface area contributed by atoms with Crippen molar-refractivity contribution in [2.75, 3.05) is 25.1 Å². The Morgan fingerprint density at radius 2 is 2.10 bits per heavy atom. The molecular formula is C16H24N2O3. The fraction of sp³-hybridized carbons (Fsp3) is 0.562. The summed E-state index contributed by atoms with van der Waals surface area (Å²) in [7, 11) is 0. The van der Waals surface area contributed by atoms with E-state index in [-0.39, 0.29) is 18.1 Å². The fourth-order valence-corrected chi connectivity index (χ4v) is 2.44. The molecule has 1 atom stereocenters. The van der Waals surface area contributed by atoms with Crippen molar-refractivity contribution in [3.05, 3.63) is 29.8 Å². The molecule has 1 aromatic carbocycles. The Bertz CT molecular complexity index is 470. The summed E-state index contributed by atoms with van der Waals surface area (Å²) in [5.74, 6) is 0.250. The van der Waals surface area contributed by atoms with Gasteiger partial charge < -0.3 is 20.5 Å². The zero-order chi connectivity index (χ0) is 15.2. The highest BCUT2D eigenvalue weighted by Gasteiger charge is 2.20. The number of hydrogen-bond acceptors (Lipinski definition) is 4. The van der Waals surface area contributed by atoms with E-state index in [0.29, 0.717) is 25.7 Å². The van der Waals surface area contributed by atoms with Crippen LogP contribution in [0.2, 0.25) is 0 Å². The van der Waals surface area contributed by atoms with Crippen molar-refractivity contribution in [2.45, 2.75) is 26.6 Å². The topological polar surface area (TPSA) is 73.6 Å². The van der Waals surface area contributed by atoms with Crippen LogP contribution in [0.15, 0.2) is 24.3 Å². The van der Waals surface area contributed by atoms with E-state index in [0.717, 1.165) is 17.7 Å². The molecule has 1 saturated heterocycles. The molecule has 1 aromatic rings. The predicted octanol–water partition coefficient (Wildman–Crippen LogP) is 2.29. The summed E-state index contributed by atoms with van der Waals surface area (Å²) in [6, 6.07) is 7.56. The molecule has 0 aliphatic carbocycles. The summed E-state index contributed by atoms with van der Waals surface area (Å²) in [4.78, 5) is 12.3. The number of anilines is 1. The molecule has 1 unspecified atom stereocenters. The van der Waals surface area contributed by atoms with Crippen molar-refractivity contribution in [1.82, 2.24) is 0 Å². The van der Waals surface area contributed by atoms with Crippen LogP contribution in [0.5, 0.6) is 0 Å². The minimum Gasteiger partial charge on any atom is -0.346 e. The van der Waals surface area contributed by atoms with Gasteiger partial charge in [-0.3, -0.25) is 4.79 Å². The van der Waals surface area contributed by atoms with Crippen LogP contribution in [0.1, 0.15) is 32.1 Å². The highest BCUT2D eigenvalue weighted by atomic mass is 16.7. The van der Waals surface area contributed by atoms with Gasteiger partial charge in [0.15, 0.2) is 6.29 Å². The molecule has 5 heteroatoms. The van der Waals surface area contributed by atoms with Gasteiger partial charge in [-0.15, -0.1) is 0 Å². The zero-order valence-electron chi connectivity index (χ0n) is 12.7. The molecule has 0 aromatic heterocycles. The molecular weight excluding hydrogens is 268 g/mol. The largest absolute Gasteiger partial charge is 0.346 e. The third-order valence-electron chi connectivity index (χ3n) is 3.46. The summed E-state index contributed by atoms with van der Waals surface area (Å²) >= 11 is 0. The number of nitrogens with one attached hydrogen (secondary N) is 1. The Kier molecular flexibility index (Phi) is 5.73. The lowest BCUT2D eigenvalue weighted by Crippen LogP contribution is -2.30. The molecule has 1 aliphatic heterocycles. The second-order valence-corrected chi connectivity index (χ2v) is 5.75. The summed E-state index contributed by atoms with van der Waals surface area (Å²) in [6.45, 7) is 5.74. The summed E-state index contributed by atoms with van der Waals surface area (Å²) in [5.41, 5.74) is 7.37. The number of carbonyl (C=O) groups excluding carboxylic acids is 1. The van der Waals surface area contributed by atoms with Crippen molar-refractivity contribution < 1.29 is 14.3 Å². The van der Waals surface area contributed by atoms with Gasteiger partial charge in [-0.05, 0) is 24.5 Å². The highest BCUT2D eigenvalue weighted by molar-refractivity contribution is 5.92. The fourth-order valence-electron chi connectivity index (χ4n) is 2.44. The maximum absolute atomic E-state index is 12.3. The first-order valence-corrected chi connectivity index (χ1v) is 7.44. The van der Waals surface area contributed by atoms with Gasteiger partial charge in [-0.2, -0.15) is 0 Å². The molecule has 1 fully saturated rings. The Labute approximate surface area is 125 Å². The van der Waals surface area contributed by atoms with Gasteiger partial charge in [-0.1, -0.05) is 26.0 Å². The van der Waals surface area contributed by atoms with E-state index in [1.54, 1.807) is 0 Å². The zero-order valence-corrected chi connectivity index (χ0v) is 12.7. The lowest BCUT2D eigenvalue weighted by Gasteiger charge is -2.17. The summed E-state index contributed by atoms with van der Waals surface area (Å²) in [5, 5.41) is 2.93. The first kappa shape index (κ1) is 15.9. The molecule has 21 heavy (non-hydrogen) atoms. The van der Waals surface area contributed by atoms with E-state index >= 15 is 0 Å². The number of nitrogens with two attached hydrogens (primary N) is 1. The number of amides is 1. The highest BCUT2D eigenvalue weighted by Crippen LogP contribution is 2.25. The number of rotatable bonds is 6. The minimum absolute atomic E-state index is 0.0309. The van der Waals surface area contributed by atoms with Crippen LogP contribution in [0.3, 0.4) is 0 Å². The van der Waals surface area contributed by atoms with Crippen LogP contribution < -0.4 is 11.1 Å². The number of benzene rings is 1. The average Bonchev–Trinajstić information content (AvgIpc) is 2.99. The van der Waals surface area contributed by atoms with Crippen LogP contribution >= 0.6 is 0 Å². The monoisotopic (exact) mass is 292 g/mol. The van der Waals surface area contributed by atoms with Gasteiger partial charge >= 0.3 is 0 Å². The maximum atomic E-state index is 12.3. The van der Waals surface area contributed by atoms with Crippen LogP contribution in [0.4, 0.5) is 5.69 Å². The molecule has 0 saturated carbocycles. The van der Waals surface area contributed by atoms with Gasteiger partial charge in [0.25, 0.3) is 0 Å². The molecule has 0 spiro atoms. The molecule has 3 N–H and O–H groups in total. The van der Waals surface area contributed by atoms with Crippen LogP contribution in [0, 0.1) is 11.8 Å². The standard InChI is InChI=1S/C16H24N2O3/c1-11(2)8-13(10-17)15(19)18-14-5-3-4-12(9-14)16-20-6-7-21-16/h3-5,9,11,13,16H,6-8,10,17H2,1-2H3,(H,18,19). The van der Waals surface area contributed by atoms with Gasteiger partial charge in [0.05, 0.1) is 19.1 Å². The van der Waals surface area contributed by atoms with Gasteiger partial charge in [-0.25, -0.2) is 0 Å². The number of ether oxygens (including phenoxy) is 2. The summed E-state index contributed by atoms with van der Waals surface area (Å²) in [6.07, 6.45) is 0.458. The van der Waals surface area contributed by atoms with Crippen molar-refractivity contribution in [2.24, 2.45) is 17.6 Å². The Morgan fingerprint density at radius 1 is 1.38 bits per heavy atom. The van der Waals surface area contributed by atoms with E-state index in [9.17, 15) is 4.79 Å². The smallest absolute Gasteiger partial charge is 0.228 e. The minimum atomic E-state index is -0.331. The predicted molar refractivity (Wildman–Crippen MR) is 81.7 cm³/mol. The molecule has 2 rings (SSSR count). The van der Waals surface area contributed by atoms with Crippen molar-refractivity contribution in [3.8, 4) is 0 Å². The quantitative estimate of drug-likeness (QED) is 0.843. The number of hydrogen-bond donors (Lipinski definition) is 2. The van der Waals surface area contributed by atoms with Gasteiger partial charge in [0.2, 0.25) is 5.91 Å². The maximum Gasteiger partial charge on any atom is 0.228 e. The van der Waals surface area contributed by atoms with Crippen molar-refractivity contribution in [3.63, 3.8) is 0 Å². The van der Waals surface area contributed by atoms with E-state index in [1.165, 1.54) is 0 Å². The van der Waals surface area contributed by atoms with Crippen molar-refractivity contribution >= 4 is 11.6 Å². The molecule has 116 valence electrons. The van der Waals surface area contributed by atoms with Gasteiger partial charge in [0, 0.05) is 17.8 Å². The number of carbonyl (C=O) groups is 1. The van der Waals surface area contributed by atoms with E-state index in [4.69, 9.17) is 15.2 Å². The molecule has 5 nitrogen and oxygen atoms in total. The third-order valence-corrected chi connectivity index (χ3v) is 3.46. The Hall–Kier alpha value is -1.43. The SMILES string of the molecule is CC(C)CC(CN)C(=O)Nc1cccc(C2OCCO2)c1. The third kappa shape index (κ3) is 4.52. The Morgan fingerprint density at radius 3 is 2.71 bits per heavy atom. The van der Waals surface area contributed by atoms with Crippen LogP contribution in [0.25, 0.3) is 0 Å². The normalized spacial score (nSPS) is 17.1. The lowest BCUT2D eigenvalue weighted by molar-refractivity contribution is -0.120. The second-order valence-electron chi connectivity index (χ2n) is 5.75. The Balaban J connectivity index is 2.01. The molecule has 1 aliphatic rings. The molecule has 0 bridgehead atoms.